The molecule has 0 aromatic rings. The van der Waals surface area contributed by atoms with Crippen LogP contribution in [0.4, 0.5) is 0 Å². The standard InChI is InChI=1S/C11H14O5/c1-3-16-8-5-4-7(9(12)13)6-11(8,2)10(14)15/h4-5H,3,6H2,1-2H3,(H,12,13)(H,14,15). The fraction of sp³-hybridized carbons (Fsp3) is 0.455. The number of carboxylic acid groups (broad SMARTS) is 2. The third-order valence-corrected chi connectivity index (χ3v) is 2.57. The molecule has 0 heterocycles. The van der Waals surface area contributed by atoms with Crippen molar-refractivity contribution in [3.05, 3.63) is 23.5 Å². The third kappa shape index (κ3) is 2.08. The van der Waals surface area contributed by atoms with Crippen LogP contribution in [0.15, 0.2) is 23.5 Å². The average Bonchev–Trinajstić information content (AvgIpc) is 2.21. The SMILES string of the molecule is CCOC1=CC=C(C(=O)O)CC1(C)C(=O)O. The highest BCUT2D eigenvalue weighted by Gasteiger charge is 2.42. The Kier molecular flexibility index (Phi) is 3.37. The summed E-state index contributed by atoms with van der Waals surface area (Å²) in [6.07, 6.45) is 2.74. The Bertz CT molecular complexity index is 380. The number of allylic oxidation sites excluding steroid dienone is 2. The first kappa shape index (κ1) is 12.3. The van der Waals surface area contributed by atoms with Crippen molar-refractivity contribution in [1.29, 1.82) is 0 Å². The van der Waals surface area contributed by atoms with Crippen molar-refractivity contribution >= 4 is 11.9 Å². The van der Waals surface area contributed by atoms with E-state index in [1.165, 1.54) is 19.1 Å². The minimum absolute atomic E-state index is 0.0660. The maximum atomic E-state index is 11.2. The van der Waals surface area contributed by atoms with Crippen molar-refractivity contribution in [3.63, 3.8) is 0 Å². The molecule has 5 heteroatoms. The molecule has 1 rings (SSSR count). The van der Waals surface area contributed by atoms with Gasteiger partial charge in [0.25, 0.3) is 0 Å². The molecule has 16 heavy (non-hydrogen) atoms. The van der Waals surface area contributed by atoms with E-state index in [4.69, 9.17) is 14.9 Å². The number of rotatable bonds is 4. The van der Waals surface area contributed by atoms with E-state index >= 15 is 0 Å². The minimum atomic E-state index is -1.29. The molecular formula is C11H14O5. The molecule has 0 saturated carbocycles. The molecule has 2 N–H and O–H groups in total. The molecule has 0 fully saturated rings. The van der Waals surface area contributed by atoms with Gasteiger partial charge in [0.2, 0.25) is 0 Å². The van der Waals surface area contributed by atoms with Gasteiger partial charge in [0.1, 0.15) is 11.2 Å². The van der Waals surface area contributed by atoms with E-state index in [0.717, 1.165) is 0 Å². The molecule has 0 aliphatic heterocycles. The number of carbonyl (C=O) groups is 2. The Labute approximate surface area is 93.0 Å². The highest BCUT2D eigenvalue weighted by atomic mass is 16.5. The summed E-state index contributed by atoms with van der Waals surface area (Å²) in [5.74, 6) is -1.88. The zero-order chi connectivity index (χ0) is 12.3. The molecule has 0 aromatic carbocycles. The molecule has 0 spiro atoms. The van der Waals surface area contributed by atoms with Crippen LogP contribution < -0.4 is 0 Å². The van der Waals surface area contributed by atoms with Crippen molar-refractivity contribution in [1.82, 2.24) is 0 Å². The quantitative estimate of drug-likeness (QED) is 0.757. The highest BCUT2D eigenvalue weighted by molar-refractivity contribution is 5.90. The molecule has 0 aromatic heterocycles. The maximum absolute atomic E-state index is 11.2. The Hall–Kier alpha value is -1.78. The number of carboxylic acids is 2. The number of ether oxygens (including phenoxy) is 1. The van der Waals surface area contributed by atoms with Gasteiger partial charge in [-0.25, -0.2) is 4.79 Å². The zero-order valence-corrected chi connectivity index (χ0v) is 9.19. The number of hydrogen-bond acceptors (Lipinski definition) is 3. The van der Waals surface area contributed by atoms with Crippen molar-refractivity contribution in [2.45, 2.75) is 20.3 Å². The molecule has 88 valence electrons. The Morgan fingerprint density at radius 3 is 2.50 bits per heavy atom. The summed E-state index contributed by atoms with van der Waals surface area (Å²) in [6.45, 7) is 3.57. The summed E-state index contributed by atoms with van der Waals surface area (Å²) in [5, 5.41) is 18.0. The first-order chi connectivity index (χ1) is 7.41. The Balaban J connectivity index is 3.11. The number of aliphatic carboxylic acids is 2. The molecule has 0 bridgehead atoms. The molecule has 0 amide bonds. The summed E-state index contributed by atoms with van der Waals surface area (Å²) in [4.78, 5) is 22.0. The van der Waals surface area contributed by atoms with E-state index < -0.39 is 17.4 Å². The lowest BCUT2D eigenvalue weighted by Gasteiger charge is -2.30. The zero-order valence-electron chi connectivity index (χ0n) is 9.19. The van der Waals surface area contributed by atoms with Crippen LogP contribution in [-0.2, 0) is 14.3 Å². The minimum Gasteiger partial charge on any atom is -0.497 e. The molecule has 0 saturated heterocycles. The van der Waals surface area contributed by atoms with E-state index in [1.807, 2.05) is 0 Å². The smallest absolute Gasteiger partial charge is 0.331 e. The van der Waals surface area contributed by atoms with Gasteiger partial charge in [-0.15, -0.1) is 0 Å². The van der Waals surface area contributed by atoms with Crippen molar-refractivity contribution in [2.24, 2.45) is 5.41 Å². The summed E-state index contributed by atoms with van der Waals surface area (Å²) >= 11 is 0. The van der Waals surface area contributed by atoms with Gasteiger partial charge in [0.05, 0.1) is 6.61 Å². The summed E-state index contributed by atoms with van der Waals surface area (Å²) < 4.78 is 5.23. The molecule has 1 atom stereocenters. The molecule has 5 nitrogen and oxygen atoms in total. The average molecular weight is 226 g/mol. The van der Waals surface area contributed by atoms with Gasteiger partial charge in [-0.05, 0) is 26.0 Å². The predicted octanol–water partition coefficient (Wildman–Crippen LogP) is 1.41. The van der Waals surface area contributed by atoms with Gasteiger partial charge in [-0.2, -0.15) is 0 Å². The van der Waals surface area contributed by atoms with E-state index in [9.17, 15) is 9.59 Å². The van der Waals surface area contributed by atoms with Crippen molar-refractivity contribution in [2.75, 3.05) is 6.61 Å². The second-order valence-corrected chi connectivity index (χ2v) is 3.78. The van der Waals surface area contributed by atoms with E-state index in [-0.39, 0.29) is 12.0 Å². The van der Waals surface area contributed by atoms with Crippen molar-refractivity contribution in [3.8, 4) is 0 Å². The Morgan fingerprint density at radius 2 is 2.06 bits per heavy atom. The molecular weight excluding hydrogens is 212 g/mol. The van der Waals surface area contributed by atoms with E-state index in [2.05, 4.69) is 0 Å². The summed E-state index contributed by atoms with van der Waals surface area (Å²) in [5.41, 5.74) is -1.22. The van der Waals surface area contributed by atoms with Crippen LogP contribution in [0.1, 0.15) is 20.3 Å². The van der Waals surface area contributed by atoms with Gasteiger partial charge in [0.15, 0.2) is 0 Å². The second-order valence-electron chi connectivity index (χ2n) is 3.78. The molecule has 1 unspecified atom stereocenters. The van der Waals surface area contributed by atoms with Gasteiger partial charge in [-0.1, -0.05) is 0 Å². The topological polar surface area (TPSA) is 83.8 Å². The lowest BCUT2D eigenvalue weighted by atomic mass is 9.78. The van der Waals surface area contributed by atoms with Gasteiger partial charge in [0, 0.05) is 12.0 Å². The third-order valence-electron chi connectivity index (χ3n) is 2.57. The first-order valence-electron chi connectivity index (χ1n) is 4.92. The fourth-order valence-electron chi connectivity index (χ4n) is 1.58. The van der Waals surface area contributed by atoms with Crippen LogP contribution in [0.25, 0.3) is 0 Å². The van der Waals surface area contributed by atoms with Crippen LogP contribution in [-0.4, -0.2) is 28.8 Å². The van der Waals surface area contributed by atoms with Gasteiger partial charge in [-0.3, -0.25) is 4.79 Å². The maximum Gasteiger partial charge on any atom is 0.331 e. The van der Waals surface area contributed by atoms with Gasteiger partial charge >= 0.3 is 11.9 Å². The molecule has 1 aliphatic carbocycles. The van der Waals surface area contributed by atoms with E-state index in [0.29, 0.717) is 12.4 Å². The molecule has 0 radical (unpaired) electrons. The normalized spacial score (nSPS) is 24.4. The van der Waals surface area contributed by atoms with Crippen molar-refractivity contribution < 1.29 is 24.5 Å². The fourth-order valence-corrected chi connectivity index (χ4v) is 1.58. The lowest BCUT2D eigenvalue weighted by molar-refractivity contribution is -0.148. The first-order valence-corrected chi connectivity index (χ1v) is 4.92. The largest absolute Gasteiger partial charge is 0.497 e. The Morgan fingerprint density at radius 1 is 1.44 bits per heavy atom. The van der Waals surface area contributed by atoms with Gasteiger partial charge < -0.3 is 14.9 Å². The monoisotopic (exact) mass is 226 g/mol. The van der Waals surface area contributed by atoms with Crippen LogP contribution in [0, 0.1) is 5.41 Å². The van der Waals surface area contributed by atoms with Crippen LogP contribution in [0.5, 0.6) is 0 Å². The van der Waals surface area contributed by atoms with E-state index in [1.54, 1.807) is 6.92 Å². The highest BCUT2D eigenvalue weighted by Crippen LogP contribution is 2.38. The van der Waals surface area contributed by atoms with Crippen LogP contribution in [0.3, 0.4) is 0 Å². The number of hydrogen-bond donors (Lipinski definition) is 2. The molecule has 1 aliphatic rings. The summed E-state index contributed by atoms with van der Waals surface area (Å²) in [6, 6.07) is 0. The predicted molar refractivity (Wildman–Crippen MR) is 55.8 cm³/mol. The lowest BCUT2D eigenvalue weighted by Crippen LogP contribution is -2.34. The van der Waals surface area contributed by atoms with Crippen LogP contribution in [0.2, 0.25) is 0 Å². The second kappa shape index (κ2) is 4.38. The summed E-state index contributed by atoms with van der Waals surface area (Å²) in [7, 11) is 0. The van der Waals surface area contributed by atoms with Crippen LogP contribution >= 0.6 is 0 Å².